The minimum Gasteiger partial charge on any atom is -0.0619 e. The summed E-state index contributed by atoms with van der Waals surface area (Å²) >= 11 is 0. The average Bonchev–Trinajstić information content (AvgIpc) is 3.29. The van der Waals surface area contributed by atoms with Crippen molar-refractivity contribution >= 4 is 43.1 Å². The Hall–Kier alpha value is -5.20. The molecule has 0 bridgehead atoms. The molecule has 1 aliphatic carbocycles. The van der Waals surface area contributed by atoms with Crippen LogP contribution in [-0.2, 0) is 5.41 Å². The molecule has 202 valence electrons. The second kappa shape index (κ2) is 8.90. The lowest BCUT2D eigenvalue weighted by molar-refractivity contribution is 0.661. The fourth-order valence-corrected chi connectivity index (χ4v) is 7.83. The molecule has 0 saturated heterocycles. The monoisotopic (exact) mass is 546 g/mol. The van der Waals surface area contributed by atoms with E-state index < -0.39 is 0 Å². The Labute approximate surface area is 251 Å². The van der Waals surface area contributed by atoms with Crippen LogP contribution >= 0.6 is 0 Å². The maximum Gasteiger partial charge on any atom is 0.0159 e. The Kier molecular flexibility index (Phi) is 5.05. The molecule has 0 heteroatoms. The summed E-state index contributed by atoms with van der Waals surface area (Å²) in [6.07, 6.45) is 0. The molecule has 8 aromatic carbocycles. The molecule has 0 saturated carbocycles. The van der Waals surface area contributed by atoms with Crippen LogP contribution in [0.5, 0.6) is 0 Å². The smallest absolute Gasteiger partial charge is 0.0159 e. The molecule has 43 heavy (non-hydrogen) atoms. The number of hydrogen-bond donors (Lipinski definition) is 0. The third-order valence-corrected chi connectivity index (χ3v) is 9.83. The van der Waals surface area contributed by atoms with Crippen LogP contribution in [0.4, 0.5) is 0 Å². The van der Waals surface area contributed by atoms with Crippen LogP contribution in [-0.4, -0.2) is 0 Å². The van der Waals surface area contributed by atoms with Gasteiger partial charge in [-0.3, -0.25) is 0 Å². The highest BCUT2D eigenvalue weighted by molar-refractivity contribution is 6.24. The summed E-state index contributed by atoms with van der Waals surface area (Å²) in [5.41, 5.74) is 10.7. The normalized spacial score (nSPS) is 13.5. The Bertz CT molecular complexity index is 2360. The molecule has 0 spiro atoms. The van der Waals surface area contributed by atoms with Gasteiger partial charge in [-0.2, -0.15) is 0 Å². The van der Waals surface area contributed by atoms with Crippen molar-refractivity contribution in [2.75, 3.05) is 0 Å². The summed E-state index contributed by atoms with van der Waals surface area (Å²) in [7, 11) is 0. The SMILES string of the molecule is CC1(C)c2ccccc2-c2c1cc(-c1c3ccccc3c(-c3ccc4ccccc4c3)c3ccccc13)c1ccccc21. The predicted molar refractivity (Wildman–Crippen MR) is 185 cm³/mol. The van der Waals surface area contributed by atoms with Gasteiger partial charge in [0.05, 0.1) is 0 Å². The Morgan fingerprint density at radius 1 is 0.349 bits per heavy atom. The van der Waals surface area contributed by atoms with E-state index in [1.165, 1.54) is 87.6 Å². The van der Waals surface area contributed by atoms with Crippen molar-refractivity contribution in [2.45, 2.75) is 19.3 Å². The standard InChI is InChI=1S/C43H30/c1-43(2)38-22-12-11-21-36(38)42-31-16-6-5-15-30(31)37(26-39(42)43)41-34-19-9-7-17-32(34)40(33-18-8-10-20-35(33)41)29-24-23-27-13-3-4-14-28(27)25-29/h3-26H,1-2H3. The molecule has 0 radical (unpaired) electrons. The van der Waals surface area contributed by atoms with Gasteiger partial charge >= 0.3 is 0 Å². The van der Waals surface area contributed by atoms with Crippen LogP contribution in [0.1, 0.15) is 25.0 Å². The first-order chi connectivity index (χ1) is 21.1. The molecule has 0 aliphatic heterocycles. The topological polar surface area (TPSA) is 0 Å². The van der Waals surface area contributed by atoms with Gasteiger partial charge in [0, 0.05) is 5.41 Å². The highest BCUT2D eigenvalue weighted by atomic mass is 14.4. The number of fused-ring (bicyclic) bond motifs is 8. The summed E-state index contributed by atoms with van der Waals surface area (Å²) in [5.74, 6) is 0. The van der Waals surface area contributed by atoms with E-state index in [4.69, 9.17) is 0 Å². The van der Waals surface area contributed by atoms with E-state index in [9.17, 15) is 0 Å². The van der Waals surface area contributed by atoms with Crippen molar-refractivity contribution in [1.82, 2.24) is 0 Å². The summed E-state index contributed by atoms with van der Waals surface area (Å²) < 4.78 is 0. The lowest BCUT2D eigenvalue weighted by atomic mass is 9.79. The second-order valence-corrected chi connectivity index (χ2v) is 12.5. The fourth-order valence-electron chi connectivity index (χ4n) is 7.83. The zero-order chi connectivity index (χ0) is 28.7. The van der Waals surface area contributed by atoms with Crippen molar-refractivity contribution in [3.8, 4) is 33.4 Å². The third-order valence-electron chi connectivity index (χ3n) is 9.83. The van der Waals surface area contributed by atoms with E-state index in [2.05, 4.69) is 159 Å². The van der Waals surface area contributed by atoms with Crippen molar-refractivity contribution in [3.05, 3.63) is 157 Å². The molecule has 0 amide bonds. The van der Waals surface area contributed by atoms with E-state index in [-0.39, 0.29) is 5.41 Å². The predicted octanol–water partition coefficient (Wildman–Crippen LogP) is 11.9. The van der Waals surface area contributed by atoms with Crippen LogP contribution in [0, 0.1) is 0 Å². The summed E-state index contributed by atoms with van der Waals surface area (Å²) in [6.45, 7) is 4.77. The van der Waals surface area contributed by atoms with E-state index in [0.29, 0.717) is 0 Å². The van der Waals surface area contributed by atoms with Gasteiger partial charge in [0.2, 0.25) is 0 Å². The third kappa shape index (κ3) is 3.38. The van der Waals surface area contributed by atoms with Gasteiger partial charge in [-0.15, -0.1) is 0 Å². The molecule has 0 aromatic heterocycles. The molecule has 0 fully saturated rings. The maximum absolute atomic E-state index is 2.52. The fraction of sp³-hybridized carbons (Fsp3) is 0.0698. The Morgan fingerprint density at radius 3 is 1.53 bits per heavy atom. The van der Waals surface area contributed by atoms with Crippen LogP contribution in [0.3, 0.4) is 0 Å². The van der Waals surface area contributed by atoms with Gasteiger partial charge in [-0.25, -0.2) is 0 Å². The van der Waals surface area contributed by atoms with Crippen LogP contribution in [0.15, 0.2) is 146 Å². The van der Waals surface area contributed by atoms with Gasteiger partial charge in [0.1, 0.15) is 0 Å². The molecule has 0 atom stereocenters. The quantitative estimate of drug-likeness (QED) is 0.189. The van der Waals surface area contributed by atoms with Gasteiger partial charge in [-0.05, 0) is 99.7 Å². The van der Waals surface area contributed by atoms with Crippen molar-refractivity contribution < 1.29 is 0 Å². The zero-order valence-electron chi connectivity index (χ0n) is 24.4. The van der Waals surface area contributed by atoms with Gasteiger partial charge in [0.15, 0.2) is 0 Å². The first-order valence-electron chi connectivity index (χ1n) is 15.2. The van der Waals surface area contributed by atoms with Crippen LogP contribution < -0.4 is 0 Å². The number of hydrogen-bond acceptors (Lipinski definition) is 0. The summed E-state index contributed by atoms with van der Waals surface area (Å²) in [5, 5.41) is 10.3. The van der Waals surface area contributed by atoms with Crippen molar-refractivity contribution in [2.24, 2.45) is 0 Å². The summed E-state index contributed by atoms with van der Waals surface area (Å²) in [6, 6.07) is 54.1. The first kappa shape index (κ1) is 24.4. The lowest BCUT2D eigenvalue weighted by Crippen LogP contribution is -2.15. The van der Waals surface area contributed by atoms with Crippen molar-refractivity contribution in [1.29, 1.82) is 0 Å². The molecule has 0 N–H and O–H groups in total. The number of rotatable bonds is 2. The van der Waals surface area contributed by atoms with E-state index >= 15 is 0 Å². The highest BCUT2D eigenvalue weighted by Gasteiger charge is 2.37. The van der Waals surface area contributed by atoms with E-state index in [1.807, 2.05) is 0 Å². The van der Waals surface area contributed by atoms with Crippen LogP contribution in [0.25, 0.3) is 76.5 Å². The number of benzene rings is 8. The first-order valence-corrected chi connectivity index (χ1v) is 15.2. The van der Waals surface area contributed by atoms with Gasteiger partial charge in [-0.1, -0.05) is 147 Å². The lowest BCUT2D eigenvalue weighted by Gasteiger charge is -2.24. The van der Waals surface area contributed by atoms with Gasteiger partial charge in [0.25, 0.3) is 0 Å². The molecule has 0 nitrogen and oxygen atoms in total. The molecule has 1 aliphatic rings. The molecule has 0 unspecified atom stereocenters. The second-order valence-electron chi connectivity index (χ2n) is 12.5. The molecular formula is C43H30. The minimum atomic E-state index is -0.0820. The van der Waals surface area contributed by atoms with Gasteiger partial charge < -0.3 is 0 Å². The highest BCUT2D eigenvalue weighted by Crippen LogP contribution is 2.54. The summed E-state index contributed by atoms with van der Waals surface area (Å²) in [4.78, 5) is 0. The largest absolute Gasteiger partial charge is 0.0619 e. The van der Waals surface area contributed by atoms with Crippen LogP contribution in [0.2, 0.25) is 0 Å². The Balaban J connectivity index is 1.43. The zero-order valence-corrected chi connectivity index (χ0v) is 24.4. The van der Waals surface area contributed by atoms with E-state index in [1.54, 1.807) is 0 Å². The Morgan fingerprint density at radius 2 is 0.860 bits per heavy atom. The molecule has 0 heterocycles. The molecule has 9 rings (SSSR count). The minimum absolute atomic E-state index is 0.0820. The maximum atomic E-state index is 2.52. The molecular weight excluding hydrogens is 516 g/mol. The van der Waals surface area contributed by atoms with E-state index in [0.717, 1.165) is 0 Å². The average molecular weight is 547 g/mol. The van der Waals surface area contributed by atoms with Crippen molar-refractivity contribution in [3.63, 3.8) is 0 Å². The molecule has 8 aromatic rings.